The molecule has 24 heavy (non-hydrogen) atoms. The Balaban J connectivity index is 1.52. The Labute approximate surface area is 147 Å². The fourth-order valence-corrected chi connectivity index (χ4v) is 4.17. The van der Waals surface area contributed by atoms with Crippen LogP contribution in [0, 0.1) is 0 Å². The molecule has 2 aliphatic rings. The smallest absolute Gasteiger partial charge is 0.208 e. The molecule has 0 aromatic heterocycles. The van der Waals surface area contributed by atoms with E-state index in [2.05, 4.69) is 14.8 Å². The van der Waals surface area contributed by atoms with Gasteiger partial charge in [0.1, 0.15) is 6.10 Å². The lowest BCUT2D eigenvalue weighted by Gasteiger charge is -2.33. The molecule has 0 saturated carbocycles. The number of nitrogens with zero attached hydrogens (tertiary/aromatic N) is 2. The van der Waals surface area contributed by atoms with Crippen LogP contribution >= 0.6 is 11.6 Å². The van der Waals surface area contributed by atoms with E-state index in [9.17, 15) is 8.42 Å². The van der Waals surface area contributed by atoms with Crippen LogP contribution in [0.15, 0.2) is 29.4 Å². The van der Waals surface area contributed by atoms with E-state index in [-0.39, 0.29) is 12.1 Å². The first-order chi connectivity index (χ1) is 11.4. The molecule has 1 fully saturated rings. The summed E-state index contributed by atoms with van der Waals surface area (Å²) >= 11 is 5.91. The summed E-state index contributed by atoms with van der Waals surface area (Å²) in [6.45, 7) is 2.42. The van der Waals surface area contributed by atoms with Crippen molar-refractivity contribution in [1.29, 1.82) is 0 Å². The quantitative estimate of drug-likeness (QED) is 0.857. The first-order valence-corrected chi connectivity index (χ1v) is 10.3. The molecule has 0 radical (unpaired) electrons. The lowest BCUT2D eigenvalue weighted by molar-refractivity contribution is 0.0441. The maximum atomic E-state index is 11.4. The third-order valence-electron chi connectivity index (χ3n) is 4.26. The van der Waals surface area contributed by atoms with Crippen LogP contribution in [0.4, 0.5) is 0 Å². The molecule has 2 aliphatic heterocycles. The minimum atomic E-state index is -3.16. The normalized spacial score (nSPS) is 25.3. The van der Waals surface area contributed by atoms with Crippen molar-refractivity contribution in [2.45, 2.75) is 31.4 Å². The van der Waals surface area contributed by atoms with Crippen molar-refractivity contribution in [3.8, 4) is 0 Å². The molecule has 0 bridgehead atoms. The third kappa shape index (κ3) is 4.92. The standard InChI is InChI=1S/C16H22ClN3O3S/c1-24(21,22)19-14-3-2-8-20(10-14)11-15-9-16(18-23-15)12-4-6-13(17)7-5-12/h4-7,14-15,19H,2-3,8-11H2,1H3/t14-,15+/m1/s1. The van der Waals surface area contributed by atoms with Gasteiger partial charge in [0.05, 0.1) is 12.0 Å². The van der Waals surface area contributed by atoms with Gasteiger partial charge in [-0.25, -0.2) is 13.1 Å². The molecular formula is C16H22ClN3O3S. The summed E-state index contributed by atoms with van der Waals surface area (Å²) in [5.74, 6) is 0. The molecule has 0 spiro atoms. The Morgan fingerprint density at radius 1 is 1.38 bits per heavy atom. The maximum absolute atomic E-state index is 11.4. The topological polar surface area (TPSA) is 71.0 Å². The molecule has 0 amide bonds. The average molecular weight is 372 g/mol. The summed E-state index contributed by atoms with van der Waals surface area (Å²) in [5, 5.41) is 4.90. The van der Waals surface area contributed by atoms with Crippen molar-refractivity contribution in [2.24, 2.45) is 5.16 Å². The van der Waals surface area contributed by atoms with Gasteiger partial charge in [0.25, 0.3) is 0 Å². The number of sulfonamides is 1. The van der Waals surface area contributed by atoms with Gasteiger partial charge in [-0.15, -0.1) is 0 Å². The van der Waals surface area contributed by atoms with Crippen LogP contribution in [0.25, 0.3) is 0 Å². The lowest BCUT2D eigenvalue weighted by Crippen LogP contribution is -2.49. The highest BCUT2D eigenvalue weighted by Crippen LogP contribution is 2.20. The summed E-state index contributed by atoms with van der Waals surface area (Å²) in [6, 6.07) is 7.56. The van der Waals surface area contributed by atoms with Gasteiger partial charge < -0.3 is 4.84 Å². The van der Waals surface area contributed by atoms with Crippen LogP contribution in [0.2, 0.25) is 5.02 Å². The SMILES string of the molecule is CS(=O)(=O)N[C@@H]1CCCN(C[C@@H]2CC(c3ccc(Cl)cc3)=NO2)C1. The maximum Gasteiger partial charge on any atom is 0.208 e. The molecular weight excluding hydrogens is 350 g/mol. The molecule has 6 nitrogen and oxygen atoms in total. The Hall–Kier alpha value is -1.15. The van der Waals surface area contributed by atoms with Crippen molar-refractivity contribution in [3.63, 3.8) is 0 Å². The number of oxime groups is 1. The van der Waals surface area contributed by atoms with E-state index in [1.807, 2.05) is 24.3 Å². The summed E-state index contributed by atoms with van der Waals surface area (Å²) < 4.78 is 25.5. The Morgan fingerprint density at radius 2 is 2.12 bits per heavy atom. The number of hydrogen-bond donors (Lipinski definition) is 1. The fraction of sp³-hybridized carbons (Fsp3) is 0.562. The minimum Gasteiger partial charge on any atom is -0.390 e. The van der Waals surface area contributed by atoms with Gasteiger partial charge in [-0.3, -0.25) is 4.90 Å². The fourth-order valence-electron chi connectivity index (χ4n) is 3.25. The van der Waals surface area contributed by atoms with Gasteiger partial charge in [0.2, 0.25) is 10.0 Å². The molecule has 8 heteroatoms. The Bertz CT molecular complexity index is 706. The molecule has 1 aromatic rings. The van der Waals surface area contributed by atoms with Crippen LogP contribution in [-0.2, 0) is 14.9 Å². The number of benzene rings is 1. The van der Waals surface area contributed by atoms with E-state index in [1.165, 1.54) is 6.26 Å². The van der Waals surface area contributed by atoms with E-state index >= 15 is 0 Å². The second-order valence-corrected chi connectivity index (χ2v) is 8.68. The molecule has 3 rings (SSSR count). The molecule has 0 unspecified atom stereocenters. The van der Waals surface area contributed by atoms with Gasteiger partial charge in [0.15, 0.2) is 0 Å². The average Bonchev–Trinajstić information content (AvgIpc) is 2.95. The van der Waals surface area contributed by atoms with E-state index in [1.54, 1.807) is 0 Å². The molecule has 132 valence electrons. The zero-order valence-electron chi connectivity index (χ0n) is 13.6. The van der Waals surface area contributed by atoms with E-state index in [4.69, 9.17) is 16.4 Å². The van der Waals surface area contributed by atoms with E-state index in [0.717, 1.165) is 43.6 Å². The number of piperidine rings is 1. The second-order valence-electron chi connectivity index (χ2n) is 6.47. The number of rotatable bonds is 5. The first kappa shape index (κ1) is 17.7. The predicted octanol–water partition coefficient (Wildman–Crippen LogP) is 1.85. The second kappa shape index (κ2) is 7.39. The summed E-state index contributed by atoms with van der Waals surface area (Å²) in [5.41, 5.74) is 1.96. The summed E-state index contributed by atoms with van der Waals surface area (Å²) in [6.07, 6.45) is 3.82. The number of hydrogen-bond acceptors (Lipinski definition) is 5. The van der Waals surface area contributed by atoms with Crippen LogP contribution in [-0.4, -0.2) is 57.1 Å². The number of nitrogens with one attached hydrogen (secondary N) is 1. The lowest BCUT2D eigenvalue weighted by atomic mass is 10.0. The predicted molar refractivity (Wildman–Crippen MR) is 94.9 cm³/mol. The molecule has 1 N–H and O–H groups in total. The summed E-state index contributed by atoms with van der Waals surface area (Å²) in [4.78, 5) is 7.81. The third-order valence-corrected chi connectivity index (χ3v) is 5.27. The van der Waals surface area contributed by atoms with Crippen molar-refractivity contribution >= 4 is 27.3 Å². The number of likely N-dealkylation sites (tertiary alicyclic amines) is 1. The van der Waals surface area contributed by atoms with Crippen LogP contribution in [0.1, 0.15) is 24.8 Å². The Morgan fingerprint density at radius 3 is 2.83 bits per heavy atom. The van der Waals surface area contributed by atoms with Gasteiger partial charge >= 0.3 is 0 Å². The van der Waals surface area contributed by atoms with E-state index in [0.29, 0.717) is 11.6 Å². The molecule has 2 atom stereocenters. The first-order valence-electron chi connectivity index (χ1n) is 8.07. The minimum absolute atomic E-state index is 0.00709. The van der Waals surface area contributed by atoms with Crippen molar-refractivity contribution < 1.29 is 13.3 Å². The van der Waals surface area contributed by atoms with E-state index < -0.39 is 10.0 Å². The van der Waals surface area contributed by atoms with Crippen molar-refractivity contribution in [3.05, 3.63) is 34.9 Å². The largest absolute Gasteiger partial charge is 0.390 e. The van der Waals surface area contributed by atoms with Crippen molar-refractivity contribution in [1.82, 2.24) is 9.62 Å². The van der Waals surface area contributed by atoms with Gasteiger partial charge in [-0.1, -0.05) is 28.9 Å². The molecule has 1 saturated heterocycles. The summed E-state index contributed by atoms with van der Waals surface area (Å²) in [7, 11) is -3.16. The highest BCUT2D eigenvalue weighted by Gasteiger charge is 2.28. The van der Waals surface area contributed by atoms with Crippen LogP contribution in [0.5, 0.6) is 0 Å². The van der Waals surface area contributed by atoms with Gasteiger partial charge in [-0.05, 0) is 37.1 Å². The van der Waals surface area contributed by atoms with Crippen molar-refractivity contribution in [2.75, 3.05) is 25.9 Å². The number of halogens is 1. The zero-order chi connectivity index (χ0) is 17.2. The molecule has 0 aliphatic carbocycles. The highest BCUT2D eigenvalue weighted by molar-refractivity contribution is 7.88. The highest BCUT2D eigenvalue weighted by atomic mass is 35.5. The zero-order valence-corrected chi connectivity index (χ0v) is 15.2. The monoisotopic (exact) mass is 371 g/mol. The molecule has 2 heterocycles. The van der Waals surface area contributed by atoms with Gasteiger partial charge in [-0.2, -0.15) is 0 Å². The van der Waals surface area contributed by atoms with Crippen LogP contribution in [0.3, 0.4) is 0 Å². The molecule has 1 aromatic carbocycles. The Kier molecular flexibility index (Phi) is 5.44. The van der Waals surface area contributed by atoms with Gasteiger partial charge in [0, 0.05) is 30.6 Å². The van der Waals surface area contributed by atoms with Crippen LogP contribution < -0.4 is 4.72 Å².